The zero-order valence-corrected chi connectivity index (χ0v) is 10.5. The molecule has 5 nitrogen and oxygen atoms in total. The number of ether oxygens (including phenoxy) is 1. The van der Waals surface area contributed by atoms with E-state index in [1.807, 2.05) is 0 Å². The second-order valence-electron chi connectivity index (χ2n) is 3.73. The van der Waals surface area contributed by atoms with Crippen molar-refractivity contribution < 1.29 is 23.8 Å². The number of benzene rings is 1. The van der Waals surface area contributed by atoms with E-state index in [1.54, 1.807) is 0 Å². The lowest BCUT2D eigenvalue weighted by Crippen LogP contribution is -2.33. The summed E-state index contributed by atoms with van der Waals surface area (Å²) in [5.41, 5.74) is 0.248. The van der Waals surface area contributed by atoms with Crippen LogP contribution in [0.4, 0.5) is 4.39 Å². The number of carbonyl (C=O) groups is 2. The fraction of sp³-hybridized carbons (Fsp3) is 0.231. The number of likely N-dealkylation sites (N-methyl/N-ethyl adjacent to an activating group) is 1. The Morgan fingerprint density at radius 2 is 2.16 bits per heavy atom. The second kappa shape index (κ2) is 6.53. The normalized spacial score (nSPS) is 12.2. The van der Waals surface area contributed by atoms with Gasteiger partial charge in [-0.1, -0.05) is 0 Å². The van der Waals surface area contributed by atoms with Crippen LogP contribution in [0.3, 0.4) is 0 Å². The van der Waals surface area contributed by atoms with Crippen LogP contribution in [-0.4, -0.2) is 30.1 Å². The van der Waals surface area contributed by atoms with Crippen molar-refractivity contribution in [3.63, 3.8) is 0 Å². The largest absolute Gasteiger partial charge is 0.480 e. The minimum atomic E-state index is -1.16. The number of hydrogen-bond donors (Lipinski definition) is 2. The first kappa shape index (κ1) is 14.7. The van der Waals surface area contributed by atoms with E-state index in [9.17, 15) is 14.0 Å². The molecule has 6 heteroatoms. The third-order valence-electron chi connectivity index (χ3n) is 2.30. The predicted octanol–water partition coefficient (Wildman–Crippen LogP) is 1.44. The Hall–Kier alpha value is -2.37. The van der Waals surface area contributed by atoms with Gasteiger partial charge in [0.15, 0.2) is 6.10 Å². The molecular formula is C13H14FNO4. The standard InChI is InChI=1S/C13H14FNO4/c1-8(13(18)15-2)19-11-5-4-10(14)7-9(11)3-6-12(16)17/h3-8H,1-2H3,(H,15,18)(H,16,17)/b6-3+. The van der Waals surface area contributed by atoms with E-state index in [0.717, 1.165) is 12.1 Å². The first-order valence-electron chi connectivity index (χ1n) is 5.53. The molecule has 19 heavy (non-hydrogen) atoms. The van der Waals surface area contributed by atoms with Crippen molar-refractivity contribution in [2.24, 2.45) is 0 Å². The van der Waals surface area contributed by atoms with Crippen LogP contribution < -0.4 is 10.1 Å². The predicted molar refractivity (Wildman–Crippen MR) is 67.2 cm³/mol. The molecule has 0 saturated carbocycles. The van der Waals surface area contributed by atoms with Gasteiger partial charge in [-0.3, -0.25) is 4.79 Å². The maximum atomic E-state index is 13.1. The van der Waals surface area contributed by atoms with Gasteiger partial charge in [0.1, 0.15) is 11.6 Å². The molecular weight excluding hydrogens is 253 g/mol. The molecule has 0 radical (unpaired) electrons. The van der Waals surface area contributed by atoms with Gasteiger partial charge in [-0.15, -0.1) is 0 Å². The number of carboxylic acid groups (broad SMARTS) is 1. The van der Waals surface area contributed by atoms with Crippen molar-refractivity contribution in [1.82, 2.24) is 5.32 Å². The average molecular weight is 267 g/mol. The molecule has 2 N–H and O–H groups in total. The van der Waals surface area contributed by atoms with E-state index in [4.69, 9.17) is 9.84 Å². The molecule has 102 valence electrons. The summed E-state index contributed by atoms with van der Waals surface area (Å²) in [6, 6.07) is 3.64. The fourth-order valence-electron chi connectivity index (χ4n) is 1.37. The summed E-state index contributed by atoms with van der Waals surface area (Å²) in [5.74, 6) is -1.79. The molecule has 0 aliphatic heterocycles. The summed E-state index contributed by atoms with van der Waals surface area (Å²) in [4.78, 5) is 21.8. The maximum absolute atomic E-state index is 13.1. The van der Waals surface area contributed by atoms with Crippen molar-refractivity contribution >= 4 is 18.0 Å². The molecule has 0 aliphatic carbocycles. The third-order valence-corrected chi connectivity index (χ3v) is 2.30. The number of rotatable bonds is 5. The summed E-state index contributed by atoms with van der Waals surface area (Å²) in [6.45, 7) is 1.53. The lowest BCUT2D eigenvalue weighted by molar-refractivity contribution is -0.131. The van der Waals surface area contributed by atoms with E-state index in [2.05, 4.69) is 5.32 Å². The van der Waals surface area contributed by atoms with Gasteiger partial charge in [-0.2, -0.15) is 0 Å². The Bertz CT molecular complexity index is 513. The second-order valence-corrected chi connectivity index (χ2v) is 3.73. The Morgan fingerprint density at radius 3 is 2.74 bits per heavy atom. The first-order valence-corrected chi connectivity index (χ1v) is 5.53. The molecule has 1 atom stereocenters. The summed E-state index contributed by atoms with van der Waals surface area (Å²) in [7, 11) is 1.47. The van der Waals surface area contributed by atoms with Gasteiger partial charge >= 0.3 is 5.97 Å². The fourth-order valence-corrected chi connectivity index (χ4v) is 1.37. The zero-order valence-electron chi connectivity index (χ0n) is 10.5. The highest BCUT2D eigenvalue weighted by atomic mass is 19.1. The highest BCUT2D eigenvalue weighted by Crippen LogP contribution is 2.22. The number of amides is 1. The van der Waals surface area contributed by atoms with E-state index in [-0.39, 0.29) is 17.2 Å². The number of carbonyl (C=O) groups excluding carboxylic acids is 1. The summed E-state index contributed by atoms with van der Waals surface area (Å²) < 4.78 is 18.5. The van der Waals surface area contributed by atoms with Gasteiger partial charge in [0.05, 0.1) is 0 Å². The van der Waals surface area contributed by atoms with Crippen molar-refractivity contribution in [2.75, 3.05) is 7.05 Å². The number of halogens is 1. The summed E-state index contributed by atoms with van der Waals surface area (Å²) >= 11 is 0. The van der Waals surface area contributed by atoms with E-state index >= 15 is 0 Å². The van der Waals surface area contributed by atoms with Gasteiger partial charge in [0.25, 0.3) is 5.91 Å². The lowest BCUT2D eigenvalue weighted by Gasteiger charge is -2.15. The minimum absolute atomic E-state index is 0.231. The molecule has 1 unspecified atom stereocenters. The molecule has 0 fully saturated rings. The van der Waals surface area contributed by atoms with E-state index in [1.165, 1.54) is 32.2 Å². The van der Waals surface area contributed by atoms with Crippen LogP contribution in [0.1, 0.15) is 12.5 Å². The SMILES string of the molecule is CNC(=O)C(C)Oc1ccc(F)cc1/C=C/C(=O)O. The number of aliphatic carboxylic acids is 1. The van der Waals surface area contributed by atoms with Crippen LogP contribution >= 0.6 is 0 Å². The molecule has 0 bridgehead atoms. The molecule has 0 saturated heterocycles. The van der Waals surface area contributed by atoms with Crippen molar-refractivity contribution in [1.29, 1.82) is 0 Å². The van der Waals surface area contributed by atoms with E-state index in [0.29, 0.717) is 0 Å². The molecule has 0 heterocycles. The first-order chi connectivity index (χ1) is 8.93. The molecule has 1 aromatic rings. The highest BCUT2D eigenvalue weighted by molar-refractivity contribution is 5.86. The molecule has 0 spiro atoms. The van der Waals surface area contributed by atoms with Gasteiger partial charge in [0.2, 0.25) is 0 Å². The third kappa shape index (κ3) is 4.42. The smallest absolute Gasteiger partial charge is 0.328 e. The van der Waals surface area contributed by atoms with Crippen molar-refractivity contribution in [3.8, 4) is 5.75 Å². The monoisotopic (exact) mass is 267 g/mol. The molecule has 0 aliphatic rings. The molecule has 0 aromatic heterocycles. The van der Waals surface area contributed by atoms with Crippen LogP contribution in [0.15, 0.2) is 24.3 Å². The topological polar surface area (TPSA) is 75.6 Å². The van der Waals surface area contributed by atoms with Gasteiger partial charge in [0, 0.05) is 18.7 Å². The maximum Gasteiger partial charge on any atom is 0.328 e. The highest BCUT2D eigenvalue weighted by Gasteiger charge is 2.14. The van der Waals surface area contributed by atoms with Gasteiger partial charge in [-0.25, -0.2) is 9.18 Å². The summed E-state index contributed by atoms with van der Waals surface area (Å²) in [6.07, 6.45) is 1.30. The van der Waals surface area contributed by atoms with Crippen molar-refractivity contribution in [2.45, 2.75) is 13.0 Å². The molecule has 1 rings (SSSR count). The summed E-state index contributed by atoms with van der Waals surface area (Å²) in [5, 5.41) is 11.0. The van der Waals surface area contributed by atoms with Gasteiger partial charge in [-0.05, 0) is 31.2 Å². The van der Waals surface area contributed by atoms with Crippen LogP contribution in [0.2, 0.25) is 0 Å². The zero-order chi connectivity index (χ0) is 14.4. The van der Waals surface area contributed by atoms with E-state index < -0.39 is 17.9 Å². The van der Waals surface area contributed by atoms with Crippen molar-refractivity contribution in [3.05, 3.63) is 35.7 Å². The van der Waals surface area contributed by atoms with Crippen LogP contribution in [0.5, 0.6) is 5.75 Å². The Balaban J connectivity index is 2.99. The quantitative estimate of drug-likeness (QED) is 0.791. The number of hydrogen-bond acceptors (Lipinski definition) is 3. The number of carboxylic acids is 1. The molecule has 1 aromatic carbocycles. The Kier molecular flexibility index (Phi) is 5.05. The van der Waals surface area contributed by atoms with Gasteiger partial charge < -0.3 is 15.2 Å². The van der Waals surface area contributed by atoms with Crippen LogP contribution in [0, 0.1) is 5.82 Å². The Labute approximate surface area is 109 Å². The minimum Gasteiger partial charge on any atom is -0.480 e. The Morgan fingerprint density at radius 1 is 1.47 bits per heavy atom. The average Bonchev–Trinajstić information content (AvgIpc) is 2.37. The lowest BCUT2D eigenvalue weighted by atomic mass is 10.1. The van der Waals surface area contributed by atoms with Crippen LogP contribution in [0.25, 0.3) is 6.08 Å². The van der Waals surface area contributed by atoms with Crippen LogP contribution in [-0.2, 0) is 9.59 Å². The number of nitrogens with one attached hydrogen (secondary N) is 1. The molecule has 1 amide bonds.